The van der Waals surface area contributed by atoms with E-state index in [2.05, 4.69) is 45.5 Å². The first-order valence-electron chi connectivity index (χ1n) is 7.15. The fourth-order valence-electron chi connectivity index (χ4n) is 2.45. The fraction of sp³-hybridized carbons (Fsp3) is 0.105. The van der Waals surface area contributed by atoms with Crippen LogP contribution in [0.15, 0.2) is 65.1 Å². The number of carbonyl (C=O) groups excluding carboxylic acids is 1. The van der Waals surface area contributed by atoms with Crippen LogP contribution in [-0.4, -0.2) is 5.91 Å². The van der Waals surface area contributed by atoms with Gasteiger partial charge in [0.1, 0.15) is 0 Å². The van der Waals surface area contributed by atoms with Gasteiger partial charge in [-0.3, -0.25) is 4.79 Å². The second kappa shape index (κ2) is 6.32. The summed E-state index contributed by atoms with van der Waals surface area (Å²) in [5.74, 6) is -0.0140. The Balaban J connectivity index is 1.75. The predicted molar refractivity (Wildman–Crippen MR) is 95.2 cm³/mol. The molecule has 3 aromatic carbocycles. The summed E-state index contributed by atoms with van der Waals surface area (Å²) in [6.45, 7) is 2.02. The number of halogens is 1. The second-order valence-electron chi connectivity index (χ2n) is 5.39. The van der Waals surface area contributed by atoms with Crippen molar-refractivity contribution in [2.45, 2.75) is 13.3 Å². The van der Waals surface area contributed by atoms with Gasteiger partial charge >= 0.3 is 0 Å². The molecule has 1 amide bonds. The molecule has 3 aromatic rings. The molecule has 0 saturated heterocycles. The third-order valence-electron chi connectivity index (χ3n) is 3.58. The highest BCUT2D eigenvalue weighted by Gasteiger charge is 2.07. The number of amides is 1. The maximum atomic E-state index is 12.2. The van der Waals surface area contributed by atoms with E-state index in [1.807, 2.05) is 43.3 Å². The molecule has 2 nitrogen and oxygen atoms in total. The number of benzene rings is 3. The van der Waals surface area contributed by atoms with Crippen molar-refractivity contribution in [2.24, 2.45) is 0 Å². The highest BCUT2D eigenvalue weighted by atomic mass is 79.9. The van der Waals surface area contributed by atoms with Crippen molar-refractivity contribution in [3.05, 3.63) is 76.3 Å². The quantitative estimate of drug-likeness (QED) is 0.697. The molecule has 0 aromatic heterocycles. The monoisotopic (exact) mass is 353 g/mol. The van der Waals surface area contributed by atoms with Crippen LogP contribution in [0.3, 0.4) is 0 Å². The number of hydrogen-bond donors (Lipinski definition) is 1. The van der Waals surface area contributed by atoms with Crippen molar-refractivity contribution in [1.82, 2.24) is 0 Å². The number of rotatable bonds is 3. The number of aryl methyl sites for hydroxylation is 1. The molecule has 0 saturated carbocycles. The molecule has 1 N–H and O–H groups in total. The van der Waals surface area contributed by atoms with Gasteiger partial charge in [-0.05, 0) is 56.9 Å². The Morgan fingerprint density at radius 1 is 1.00 bits per heavy atom. The largest absolute Gasteiger partial charge is 0.325 e. The molecule has 3 heteroatoms. The van der Waals surface area contributed by atoms with Crippen LogP contribution in [0.25, 0.3) is 10.8 Å². The van der Waals surface area contributed by atoms with Crippen molar-refractivity contribution in [1.29, 1.82) is 0 Å². The number of anilines is 1. The molecule has 0 aliphatic carbocycles. The van der Waals surface area contributed by atoms with Crippen molar-refractivity contribution in [3.8, 4) is 0 Å². The standard InChI is InChI=1S/C19H16BrNO/c1-13-6-9-18(17(20)10-13)21-19(22)12-14-7-8-15-4-2-3-5-16(15)11-14/h2-11H,12H2,1H3,(H,21,22). The lowest BCUT2D eigenvalue weighted by atomic mass is 10.0. The van der Waals surface area contributed by atoms with Crippen LogP contribution in [0.5, 0.6) is 0 Å². The van der Waals surface area contributed by atoms with Crippen LogP contribution in [0, 0.1) is 6.92 Å². The van der Waals surface area contributed by atoms with E-state index in [0.717, 1.165) is 26.7 Å². The van der Waals surface area contributed by atoms with Gasteiger partial charge in [0, 0.05) is 4.47 Å². The Labute approximate surface area is 138 Å². The number of hydrogen-bond acceptors (Lipinski definition) is 1. The van der Waals surface area contributed by atoms with Crippen LogP contribution >= 0.6 is 15.9 Å². The average Bonchev–Trinajstić information content (AvgIpc) is 2.50. The molecular weight excluding hydrogens is 338 g/mol. The zero-order valence-corrected chi connectivity index (χ0v) is 13.9. The van der Waals surface area contributed by atoms with Crippen LogP contribution in [0.1, 0.15) is 11.1 Å². The lowest BCUT2D eigenvalue weighted by molar-refractivity contribution is -0.115. The topological polar surface area (TPSA) is 29.1 Å². The zero-order chi connectivity index (χ0) is 15.5. The van der Waals surface area contributed by atoms with Gasteiger partial charge in [-0.1, -0.05) is 48.5 Å². The van der Waals surface area contributed by atoms with Gasteiger partial charge in [0.15, 0.2) is 0 Å². The van der Waals surface area contributed by atoms with E-state index in [1.54, 1.807) is 0 Å². The van der Waals surface area contributed by atoms with Crippen molar-refractivity contribution in [2.75, 3.05) is 5.32 Å². The second-order valence-corrected chi connectivity index (χ2v) is 6.24. The molecule has 110 valence electrons. The molecule has 0 atom stereocenters. The summed E-state index contributed by atoms with van der Waals surface area (Å²) >= 11 is 3.48. The van der Waals surface area contributed by atoms with Gasteiger partial charge < -0.3 is 5.32 Å². The maximum absolute atomic E-state index is 12.2. The van der Waals surface area contributed by atoms with E-state index < -0.39 is 0 Å². The minimum absolute atomic E-state index is 0.0140. The smallest absolute Gasteiger partial charge is 0.228 e. The Morgan fingerprint density at radius 2 is 1.77 bits per heavy atom. The van der Waals surface area contributed by atoms with E-state index in [0.29, 0.717) is 6.42 Å². The molecule has 0 spiro atoms. The maximum Gasteiger partial charge on any atom is 0.228 e. The summed E-state index contributed by atoms with van der Waals surface area (Å²) in [7, 11) is 0. The molecule has 0 radical (unpaired) electrons. The highest BCUT2D eigenvalue weighted by molar-refractivity contribution is 9.10. The van der Waals surface area contributed by atoms with Crippen molar-refractivity contribution < 1.29 is 4.79 Å². The number of carbonyl (C=O) groups is 1. The molecule has 3 rings (SSSR count). The van der Waals surface area contributed by atoms with E-state index in [9.17, 15) is 4.79 Å². The third-order valence-corrected chi connectivity index (χ3v) is 4.23. The van der Waals surface area contributed by atoms with Gasteiger partial charge in [-0.2, -0.15) is 0 Å². The summed E-state index contributed by atoms with van der Waals surface area (Å²) < 4.78 is 0.902. The molecule has 22 heavy (non-hydrogen) atoms. The summed E-state index contributed by atoms with van der Waals surface area (Å²) in [6, 6.07) is 20.2. The van der Waals surface area contributed by atoms with Gasteiger partial charge in [0.05, 0.1) is 12.1 Å². The van der Waals surface area contributed by atoms with E-state index in [1.165, 1.54) is 5.39 Å². The van der Waals surface area contributed by atoms with Gasteiger partial charge in [0.25, 0.3) is 0 Å². The number of fused-ring (bicyclic) bond motifs is 1. The first-order valence-corrected chi connectivity index (χ1v) is 7.95. The minimum atomic E-state index is -0.0140. The zero-order valence-electron chi connectivity index (χ0n) is 12.3. The minimum Gasteiger partial charge on any atom is -0.325 e. The van der Waals surface area contributed by atoms with Gasteiger partial charge in [0.2, 0.25) is 5.91 Å². The first-order chi connectivity index (χ1) is 10.6. The Kier molecular flexibility index (Phi) is 4.25. The van der Waals surface area contributed by atoms with Crippen molar-refractivity contribution >= 4 is 38.3 Å². The van der Waals surface area contributed by atoms with Gasteiger partial charge in [-0.15, -0.1) is 0 Å². The normalized spacial score (nSPS) is 10.6. The average molecular weight is 354 g/mol. The van der Waals surface area contributed by atoms with Crippen LogP contribution < -0.4 is 5.32 Å². The predicted octanol–water partition coefficient (Wildman–Crippen LogP) is 5.09. The Bertz CT molecular complexity index is 842. The summed E-state index contributed by atoms with van der Waals surface area (Å²) in [6.07, 6.45) is 0.366. The Morgan fingerprint density at radius 3 is 2.55 bits per heavy atom. The summed E-state index contributed by atoms with van der Waals surface area (Å²) in [4.78, 5) is 12.2. The summed E-state index contributed by atoms with van der Waals surface area (Å²) in [5.41, 5.74) is 2.97. The molecule has 0 bridgehead atoms. The molecule has 0 fully saturated rings. The molecule has 0 heterocycles. The SMILES string of the molecule is Cc1ccc(NC(=O)Cc2ccc3ccccc3c2)c(Br)c1. The first kappa shape index (κ1) is 14.8. The van der Waals surface area contributed by atoms with Crippen molar-refractivity contribution in [3.63, 3.8) is 0 Å². The molecule has 0 aliphatic heterocycles. The van der Waals surface area contributed by atoms with E-state index >= 15 is 0 Å². The fourth-order valence-corrected chi connectivity index (χ4v) is 3.04. The van der Waals surface area contributed by atoms with Gasteiger partial charge in [-0.25, -0.2) is 0 Å². The highest BCUT2D eigenvalue weighted by Crippen LogP contribution is 2.23. The number of nitrogens with one attached hydrogen (secondary N) is 1. The lowest BCUT2D eigenvalue weighted by Gasteiger charge is -2.09. The third kappa shape index (κ3) is 3.37. The Hall–Kier alpha value is -2.13. The lowest BCUT2D eigenvalue weighted by Crippen LogP contribution is -2.14. The summed E-state index contributed by atoms with van der Waals surface area (Å²) in [5, 5.41) is 5.29. The van der Waals surface area contributed by atoms with Crippen LogP contribution in [0.4, 0.5) is 5.69 Å². The van der Waals surface area contributed by atoms with Crippen LogP contribution in [-0.2, 0) is 11.2 Å². The molecule has 0 aliphatic rings. The van der Waals surface area contributed by atoms with E-state index in [4.69, 9.17) is 0 Å². The molecular formula is C19H16BrNO. The van der Waals surface area contributed by atoms with Crippen LogP contribution in [0.2, 0.25) is 0 Å². The van der Waals surface area contributed by atoms with E-state index in [-0.39, 0.29) is 5.91 Å². The molecule has 0 unspecified atom stereocenters.